The van der Waals surface area contributed by atoms with Gasteiger partial charge >= 0.3 is 0 Å². The van der Waals surface area contributed by atoms with E-state index in [1.165, 1.54) is 6.92 Å². The zero-order valence-corrected chi connectivity index (χ0v) is 16.3. The fraction of sp³-hybridized carbons (Fsp3) is 0.0435. The molecule has 3 N–H and O–H groups in total. The second kappa shape index (κ2) is 6.69. The Morgan fingerprint density at radius 2 is 1.36 bits per heavy atom. The number of sulfonamides is 1. The average Bonchev–Trinajstić information content (AvgIpc) is 2.68. The third-order valence-corrected chi connectivity index (χ3v) is 6.25. The summed E-state index contributed by atoms with van der Waals surface area (Å²) < 4.78 is 27.7. The lowest BCUT2D eigenvalue weighted by Gasteiger charge is -2.18. The standard InChI is InChI=1S/C23H20N2O2S/c1-15(2)28(26,27)25-21-14-12-17-8-4-6-10-19(17)23(21)22-18-9-5-3-7-16(18)11-13-20(22)24/h3-14,25H,1,24H2,2H3. The van der Waals surface area contributed by atoms with Gasteiger partial charge in [0.25, 0.3) is 10.0 Å². The molecule has 0 aliphatic heterocycles. The molecule has 0 aliphatic carbocycles. The maximum Gasteiger partial charge on any atom is 0.257 e. The molecule has 0 saturated heterocycles. The summed E-state index contributed by atoms with van der Waals surface area (Å²) in [5.74, 6) is 0. The topological polar surface area (TPSA) is 72.2 Å². The molecule has 0 amide bonds. The number of allylic oxidation sites excluding steroid dienone is 1. The molecule has 0 unspecified atom stereocenters. The quantitative estimate of drug-likeness (QED) is 0.452. The molecule has 0 heterocycles. The van der Waals surface area contributed by atoms with Gasteiger partial charge in [0.1, 0.15) is 0 Å². The van der Waals surface area contributed by atoms with Crippen molar-refractivity contribution in [2.24, 2.45) is 0 Å². The smallest absolute Gasteiger partial charge is 0.257 e. The van der Waals surface area contributed by atoms with Gasteiger partial charge in [0.05, 0.1) is 10.6 Å². The molecule has 140 valence electrons. The molecule has 4 aromatic carbocycles. The van der Waals surface area contributed by atoms with E-state index in [1.807, 2.05) is 66.7 Å². The molecule has 4 rings (SSSR count). The van der Waals surface area contributed by atoms with Crippen LogP contribution in [0.4, 0.5) is 11.4 Å². The van der Waals surface area contributed by atoms with Gasteiger partial charge in [0.2, 0.25) is 0 Å². The minimum absolute atomic E-state index is 0.0532. The first-order valence-corrected chi connectivity index (χ1v) is 10.3. The molecule has 0 radical (unpaired) electrons. The first-order chi connectivity index (χ1) is 13.4. The van der Waals surface area contributed by atoms with Crippen molar-refractivity contribution < 1.29 is 8.42 Å². The van der Waals surface area contributed by atoms with Crippen LogP contribution < -0.4 is 10.5 Å². The van der Waals surface area contributed by atoms with E-state index in [4.69, 9.17) is 5.73 Å². The average molecular weight is 388 g/mol. The van der Waals surface area contributed by atoms with E-state index >= 15 is 0 Å². The molecular formula is C23H20N2O2S. The summed E-state index contributed by atoms with van der Waals surface area (Å²) in [5.41, 5.74) is 9.05. The van der Waals surface area contributed by atoms with Crippen LogP contribution in [0.1, 0.15) is 6.92 Å². The van der Waals surface area contributed by atoms with Crippen LogP contribution in [0.2, 0.25) is 0 Å². The largest absolute Gasteiger partial charge is 0.398 e. The van der Waals surface area contributed by atoms with Gasteiger partial charge in [-0.3, -0.25) is 4.72 Å². The lowest BCUT2D eigenvalue weighted by Crippen LogP contribution is -2.13. The van der Waals surface area contributed by atoms with E-state index in [1.54, 1.807) is 6.07 Å². The van der Waals surface area contributed by atoms with Crippen molar-refractivity contribution >= 4 is 42.9 Å². The third kappa shape index (κ3) is 3.00. The number of nitrogens with two attached hydrogens (primary N) is 1. The number of hydrogen-bond acceptors (Lipinski definition) is 3. The van der Waals surface area contributed by atoms with E-state index in [-0.39, 0.29) is 4.91 Å². The van der Waals surface area contributed by atoms with Gasteiger partial charge in [-0.1, -0.05) is 67.2 Å². The molecule has 0 bridgehead atoms. The van der Waals surface area contributed by atoms with Gasteiger partial charge in [0.15, 0.2) is 0 Å². The Labute approximate surface area is 164 Å². The maximum absolute atomic E-state index is 12.5. The Balaban J connectivity index is 2.13. The molecule has 0 fully saturated rings. The van der Waals surface area contributed by atoms with E-state index in [9.17, 15) is 8.42 Å². The van der Waals surface area contributed by atoms with Crippen molar-refractivity contribution in [2.45, 2.75) is 6.92 Å². The normalized spacial score (nSPS) is 11.6. The summed E-state index contributed by atoms with van der Waals surface area (Å²) in [7, 11) is -3.70. The summed E-state index contributed by atoms with van der Waals surface area (Å²) in [6, 6.07) is 23.3. The van der Waals surface area contributed by atoms with Crippen LogP contribution in [0, 0.1) is 0 Å². The fourth-order valence-electron chi connectivity index (χ4n) is 3.43. The predicted molar refractivity (Wildman–Crippen MR) is 119 cm³/mol. The highest BCUT2D eigenvalue weighted by Crippen LogP contribution is 2.42. The second-order valence-corrected chi connectivity index (χ2v) is 8.68. The van der Waals surface area contributed by atoms with Crippen LogP contribution in [0.3, 0.4) is 0 Å². The molecule has 4 nitrogen and oxygen atoms in total. The summed E-state index contributed by atoms with van der Waals surface area (Å²) in [5, 5.41) is 3.93. The first kappa shape index (κ1) is 18.1. The summed E-state index contributed by atoms with van der Waals surface area (Å²) in [6.07, 6.45) is 0. The van der Waals surface area contributed by atoms with Crippen LogP contribution in [-0.2, 0) is 10.0 Å². The van der Waals surface area contributed by atoms with Gasteiger partial charge in [-0.15, -0.1) is 0 Å². The van der Waals surface area contributed by atoms with Crippen LogP contribution in [-0.4, -0.2) is 8.42 Å². The summed E-state index contributed by atoms with van der Waals surface area (Å²) >= 11 is 0. The Morgan fingerprint density at radius 1 is 0.821 bits per heavy atom. The fourth-order valence-corrected chi connectivity index (χ4v) is 4.06. The molecule has 5 heteroatoms. The number of fused-ring (bicyclic) bond motifs is 2. The number of nitrogen functional groups attached to an aromatic ring is 1. The van der Waals surface area contributed by atoms with Crippen LogP contribution in [0.5, 0.6) is 0 Å². The monoisotopic (exact) mass is 388 g/mol. The van der Waals surface area contributed by atoms with Gasteiger partial charge < -0.3 is 5.73 Å². The minimum atomic E-state index is -3.70. The van der Waals surface area contributed by atoms with Gasteiger partial charge in [-0.05, 0) is 40.6 Å². The van der Waals surface area contributed by atoms with Crippen LogP contribution in [0.15, 0.2) is 84.3 Å². The highest BCUT2D eigenvalue weighted by molar-refractivity contribution is 7.96. The van der Waals surface area contributed by atoms with Gasteiger partial charge in [-0.25, -0.2) is 8.42 Å². The van der Waals surface area contributed by atoms with E-state index in [0.717, 1.165) is 32.7 Å². The lowest BCUT2D eigenvalue weighted by molar-refractivity contribution is 0.607. The molecular weight excluding hydrogens is 368 g/mol. The number of hydrogen-bond donors (Lipinski definition) is 2. The Morgan fingerprint density at radius 3 is 1.96 bits per heavy atom. The number of anilines is 2. The number of rotatable bonds is 4. The number of benzene rings is 4. The minimum Gasteiger partial charge on any atom is -0.398 e. The second-order valence-electron chi connectivity index (χ2n) is 6.77. The molecule has 0 saturated carbocycles. The molecule has 0 aromatic heterocycles. The lowest BCUT2D eigenvalue weighted by atomic mass is 9.91. The maximum atomic E-state index is 12.5. The van der Waals surface area contributed by atoms with E-state index in [2.05, 4.69) is 11.3 Å². The number of nitrogens with one attached hydrogen (secondary N) is 1. The molecule has 0 spiro atoms. The molecule has 0 atom stereocenters. The Bertz CT molecular complexity index is 1340. The third-order valence-electron chi connectivity index (χ3n) is 4.84. The van der Waals surface area contributed by atoms with E-state index < -0.39 is 10.0 Å². The SMILES string of the molecule is C=C(C)S(=O)(=O)Nc1ccc2ccccc2c1-c1c(N)ccc2ccccc12. The zero-order valence-electron chi connectivity index (χ0n) is 15.4. The van der Waals surface area contributed by atoms with Crippen molar-refractivity contribution in [1.29, 1.82) is 0 Å². The van der Waals surface area contributed by atoms with Crippen molar-refractivity contribution in [3.05, 3.63) is 84.3 Å². The highest BCUT2D eigenvalue weighted by Gasteiger charge is 2.19. The molecule has 4 aromatic rings. The van der Waals surface area contributed by atoms with E-state index in [0.29, 0.717) is 11.4 Å². The molecule has 28 heavy (non-hydrogen) atoms. The summed E-state index contributed by atoms with van der Waals surface area (Å²) in [6.45, 7) is 5.05. The van der Waals surface area contributed by atoms with Gasteiger partial charge in [-0.2, -0.15) is 0 Å². The van der Waals surface area contributed by atoms with Crippen molar-refractivity contribution in [3.63, 3.8) is 0 Å². The predicted octanol–water partition coefficient (Wildman–Crippen LogP) is 5.52. The van der Waals surface area contributed by atoms with Crippen molar-refractivity contribution in [2.75, 3.05) is 10.5 Å². The van der Waals surface area contributed by atoms with Crippen LogP contribution >= 0.6 is 0 Å². The van der Waals surface area contributed by atoms with Crippen molar-refractivity contribution in [3.8, 4) is 11.1 Å². The highest BCUT2D eigenvalue weighted by atomic mass is 32.2. The van der Waals surface area contributed by atoms with Crippen molar-refractivity contribution in [1.82, 2.24) is 0 Å². The van der Waals surface area contributed by atoms with Gasteiger partial charge in [0, 0.05) is 16.8 Å². The first-order valence-electron chi connectivity index (χ1n) is 8.86. The Hall–Kier alpha value is -3.31. The summed E-state index contributed by atoms with van der Waals surface area (Å²) in [4.78, 5) is 0.0532. The zero-order chi connectivity index (χ0) is 19.9. The molecule has 0 aliphatic rings. The van der Waals surface area contributed by atoms with Crippen LogP contribution in [0.25, 0.3) is 32.7 Å². The Kier molecular flexibility index (Phi) is 4.32.